The van der Waals surface area contributed by atoms with E-state index in [-0.39, 0.29) is 17.5 Å². The fraction of sp³-hybridized carbons (Fsp3) is 0.316. The highest BCUT2D eigenvalue weighted by atomic mass is 79.9. The van der Waals surface area contributed by atoms with Gasteiger partial charge in [0.05, 0.1) is 26.8 Å². The second-order valence-electron chi connectivity index (χ2n) is 7.05. The van der Waals surface area contributed by atoms with Gasteiger partial charge >= 0.3 is 0 Å². The number of anilines is 2. The number of aryl methyl sites for hydroxylation is 1. The maximum Gasteiger partial charge on any atom is 0.257 e. The highest BCUT2D eigenvalue weighted by Crippen LogP contribution is 2.38. The summed E-state index contributed by atoms with van der Waals surface area (Å²) in [6.07, 6.45) is 7.03. The van der Waals surface area contributed by atoms with Gasteiger partial charge in [0.15, 0.2) is 0 Å². The molecular weight excluding hydrogens is 424 g/mol. The Balaban J connectivity index is 1.73. The van der Waals surface area contributed by atoms with Crippen LogP contribution in [0.2, 0.25) is 0 Å². The fourth-order valence-corrected chi connectivity index (χ4v) is 4.15. The van der Waals surface area contributed by atoms with Crippen LogP contribution in [-0.4, -0.2) is 39.6 Å². The quantitative estimate of drug-likeness (QED) is 0.573. The summed E-state index contributed by atoms with van der Waals surface area (Å²) in [4.78, 5) is 34.1. The molecule has 0 unspecified atom stereocenters. The van der Waals surface area contributed by atoms with Crippen molar-refractivity contribution in [3.63, 3.8) is 0 Å². The minimum absolute atomic E-state index is 0.117. The van der Waals surface area contributed by atoms with Crippen LogP contribution < -0.4 is 21.5 Å². The molecule has 4 heterocycles. The van der Waals surface area contributed by atoms with Gasteiger partial charge in [-0.25, -0.2) is 4.98 Å². The van der Waals surface area contributed by atoms with E-state index in [2.05, 4.69) is 36.1 Å². The van der Waals surface area contributed by atoms with Crippen LogP contribution in [0, 0.1) is 0 Å². The third-order valence-corrected chi connectivity index (χ3v) is 5.58. The Morgan fingerprint density at radius 2 is 2.25 bits per heavy atom. The number of carbonyl (C=O) groups is 1. The topological polar surface area (TPSA) is 109 Å². The van der Waals surface area contributed by atoms with E-state index in [0.29, 0.717) is 16.9 Å². The van der Waals surface area contributed by atoms with E-state index in [9.17, 15) is 9.59 Å². The van der Waals surface area contributed by atoms with Gasteiger partial charge in [-0.2, -0.15) is 0 Å². The zero-order valence-electron chi connectivity index (χ0n) is 15.4. The number of fused-ring (bicyclic) bond motifs is 1. The summed E-state index contributed by atoms with van der Waals surface area (Å²) < 4.78 is 2.23. The molecule has 3 aromatic heterocycles. The molecule has 0 aromatic carbocycles. The highest BCUT2D eigenvalue weighted by molar-refractivity contribution is 9.10. The maximum atomic E-state index is 12.7. The van der Waals surface area contributed by atoms with Gasteiger partial charge in [0.25, 0.3) is 5.91 Å². The first-order valence-electron chi connectivity index (χ1n) is 9.08. The molecule has 9 heteroatoms. The predicted octanol–water partition coefficient (Wildman–Crippen LogP) is 2.20. The van der Waals surface area contributed by atoms with E-state index in [1.165, 1.54) is 22.9 Å². The van der Waals surface area contributed by atoms with Crippen molar-refractivity contribution >= 4 is 44.2 Å². The fourth-order valence-electron chi connectivity index (χ4n) is 3.60. The average Bonchev–Trinajstić information content (AvgIpc) is 3.06. The maximum absolute atomic E-state index is 12.7. The first-order chi connectivity index (χ1) is 13.4. The van der Waals surface area contributed by atoms with Crippen molar-refractivity contribution in [3.8, 4) is 0 Å². The Kier molecular flexibility index (Phi) is 4.94. The van der Waals surface area contributed by atoms with Gasteiger partial charge in [-0.1, -0.05) is 0 Å². The zero-order chi connectivity index (χ0) is 19.8. The molecule has 0 spiro atoms. The van der Waals surface area contributed by atoms with Crippen molar-refractivity contribution < 1.29 is 4.79 Å². The van der Waals surface area contributed by atoms with Crippen molar-refractivity contribution in [2.75, 3.05) is 23.3 Å². The van der Waals surface area contributed by atoms with Crippen molar-refractivity contribution in [2.24, 2.45) is 12.8 Å². The highest BCUT2D eigenvalue weighted by Gasteiger charge is 2.24. The number of hydrogen-bond donors (Lipinski definition) is 3. The number of carbonyl (C=O) groups excluding carboxylic acids is 1. The minimum atomic E-state index is -0.294. The van der Waals surface area contributed by atoms with Gasteiger partial charge < -0.3 is 25.5 Å². The molecule has 0 aliphatic carbocycles. The third-order valence-electron chi connectivity index (χ3n) is 5.00. The number of aromatic nitrogens is 3. The lowest BCUT2D eigenvalue weighted by Crippen LogP contribution is -2.43. The molecule has 3 aromatic rings. The summed E-state index contributed by atoms with van der Waals surface area (Å²) in [5, 5.41) is 3.78. The van der Waals surface area contributed by atoms with Crippen molar-refractivity contribution in [1.82, 2.24) is 14.5 Å². The number of aromatic amines is 1. The number of amides is 1. The Bertz CT molecular complexity index is 1110. The molecule has 28 heavy (non-hydrogen) atoms. The van der Waals surface area contributed by atoms with E-state index in [1.54, 1.807) is 19.4 Å². The Morgan fingerprint density at radius 3 is 3.00 bits per heavy atom. The standard InChI is InChI=1S/C19H21BrN6O2/c1-25-9-11(4-5-15(25)27)19(28)24-14-8-23-18-16(14)17(13(20)7-22-18)26-6-2-3-12(21)10-26/h4-5,7-9,12H,2-3,6,10,21H2,1H3,(H,22,23)(H,24,28)/t12-/m0/s1. The molecule has 1 atom stereocenters. The van der Waals surface area contributed by atoms with Crippen LogP contribution in [0.4, 0.5) is 11.4 Å². The summed E-state index contributed by atoms with van der Waals surface area (Å²) in [6.45, 7) is 1.64. The second kappa shape index (κ2) is 7.40. The summed E-state index contributed by atoms with van der Waals surface area (Å²) in [5.74, 6) is -0.294. The van der Waals surface area contributed by atoms with Crippen LogP contribution in [0.3, 0.4) is 0 Å². The van der Waals surface area contributed by atoms with Crippen LogP contribution >= 0.6 is 15.9 Å². The minimum Gasteiger partial charge on any atom is -0.368 e. The summed E-state index contributed by atoms with van der Waals surface area (Å²) >= 11 is 3.61. The van der Waals surface area contributed by atoms with E-state index in [1.807, 2.05) is 0 Å². The monoisotopic (exact) mass is 444 g/mol. The molecular formula is C19H21BrN6O2. The molecule has 1 aliphatic rings. The number of H-pyrrole nitrogens is 1. The van der Waals surface area contributed by atoms with Crippen molar-refractivity contribution in [3.05, 3.63) is 51.1 Å². The van der Waals surface area contributed by atoms with Gasteiger partial charge in [0, 0.05) is 50.8 Å². The molecule has 0 saturated carbocycles. The number of nitrogens with two attached hydrogens (primary N) is 1. The SMILES string of the molecule is Cn1cc(C(=O)Nc2c[nH]c3ncc(Br)c(N4CCC[C@H](N)C4)c23)ccc1=O. The van der Waals surface area contributed by atoms with Crippen molar-refractivity contribution in [2.45, 2.75) is 18.9 Å². The number of nitrogens with zero attached hydrogens (tertiary/aromatic N) is 3. The molecule has 0 bridgehead atoms. The first kappa shape index (κ1) is 18.7. The van der Waals surface area contributed by atoms with E-state index < -0.39 is 0 Å². The van der Waals surface area contributed by atoms with Gasteiger partial charge in [-0.15, -0.1) is 0 Å². The van der Waals surface area contributed by atoms with Crippen molar-refractivity contribution in [1.29, 1.82) is 0 Å². The molecule has 8 nitrogen and oxygen atoms in total. The largest absolute Gasteiger partial charge is 0.368 e. The van der Waals surface area contributed by atoms with Crippen LogP contribution in [0.5, 0.6) is 0 Å². The van der Waals surface area contributed by atoms with E-state index >= 15 is 0 Å². The summed E-state index contributed by atoms with van der Waals surface area (Å²) in [7, 11) is 1.61. The number of halogens is 1. The summed E-state index contributed by atoms with van der Waals surface area (Å²) in [6, 6.07) is 3.01. The number of nitrogens with one attached hydrogen (secondary N) is 2. The lowest BCUT2D eigenvalue weighted by Gasteiger charge is -2.33. The lowest BCUT2D eigenvalue weighted by atomic mass is 10.1. The third kappa shape index (κ3) is 3.43. The van der Waals surface area contributed by atoms with Crippen LogP contribution in [-0.2, 0) is 7.05 Å². The van der Waals surface area contributed by atoms with Crippen LogP contribution in [0.25, 0.3) is 11.0 Å². The van der Waals surface area contributed by atoms with Crippen LogP contribution in [0.1, 0.15) is 23.2 Å². The van der Waals surface area contributed by atoms with Gasteiger partial charge in [0.2, 0.25) is 5.56 Å². The average molecular weight is 445 g/mol. The molecule has 1 saturated heterocycles. The molecule has 0 radical (unpaired) electrons. The lowest BCUT2D eigenvalue weighted by molar-refractivity contribution is 0.102. The first-order valence-corrected chi connectivity index (χ1v) is 9.87. The van der Waals surface area contributed by atoms with E-state index in [0.717, 1.165) is 41.5 Å². The van der Waals surface area contributed by atoms with Crippen LogP contribution in [0.15, 0.2) is 40.0 Å². The molecule has 1 amide bonds. The summed E-state index contributed by atoms with van der Waals surface area (Å²) in [5.41, 5.74) is 8.71. The number of rotatable bonds is 3. The van der Waals surface area contributed by atoms with Gasteiger partial charge in [-0.05, 0) is 34.8 Å². The molecule has 1 aliphatic heterocycles. The number of piperidine rings is 1. The Hall–Kier alpha value is -2.65. The molecule has 4 N–H and O–H groups in total. The second-order valence-corrected chi connectivity index (χ2v) is 7.90. The smallest absolute Gasteiger partial charge is 0.257 e. The normalized spacial score (nSPS) is 17.1. The molecule has 4 rings (SSSR count). The predicted molar refractivity (Wildman–Crippen MR) is 113 cm³/mol. The number of hydrogen-bond acceptors (Lipinski definition) is 5. The molecule has 1 fully saturated rings. The Morgan fingerprint density at radius 1 is 1.43 bits per heavy atom. The number of pyridine rings is 2. The van der Waals surface area contributed by atoms with E-state index in [4.69, 9.17) is 5.73 Å². The zero-order valence-corrected chi connectivity index (χ0v) is 17.0. The van der Waals surface area contributed by atoms with Gasteiger partial charge in [-0.3, -0.25) is 9.59 Å². The van der Waals surface area contributed by atoms with Gasteiger partial charge in [0.1, 0.15) is 5.65 Å². The molecule has 146 valence electrons. The Labute approximate surface area is 169 Å².